The number of thiazole rings is 1. The van der Waals surface area contributed by atoms with Gasteiger partial charge >= 0.3 is 6.18 Å². The number of aromatic nitrogens is 1. The van der Waals surface area contributed by atoms with Crippen LogP contribution in [-0.4, -0.2) is 36.9 Å². The van der Waals surface area contributed by atoms with Crippen LogP contribution in [0.2, 0.25) is 0 Å². The summed E-state index contributed by atoms with van der Waals surface area (Å²) in [4.78, 5) is 16.4. The van der Waals surface area contributed by atoms with Gasteiger partial charge < -0.3 is 14.8 Å². The fourth-order valence-electron chi connectivity index (χ4n) is 2.38. The summed E-state index contributed by atoms with van der Waals surface area (Å²) < 4.78 is 47.2. The molecule has 1 aliphatic heterocycles. The average molecular weight is 360 g/mol. The third kappa shape index (κ3) is 4.35. The Morgan fingerprint density at radius 3 is 2.83 bits per heavy atom. The van der Waals surface area contributed by atoms with Gasteiger partial charge in [-0.25, -0.2) is 4.98 Å². The maximum atomic E-state index is 12.2. The molecule has 2 aromatic rings. The van der Waals surface area contributed by atoms with Crippen LogP contribution in [0.4, 0.5) is 18.3 Å². The molecule has 0 unspecified atom stereocenters. The summed E-state index contributed by atoms with van der Waals surface area (Å²) in [5, 5.41) is 3.19. The first-order valence-corrected chi connectivity index (χ1v) is 8.21. The molecule has 1 aromatic heterocycles. The van der Waals surface area contributed by atoms with E-state index in [0.29, 0.717) is 41.4 Å². The monoisotopic (exact) mass is 360 g/mol. The van der Waals surface area contributed by atoms with Crippen LogP contribution in [0.15, 0.2) is 18.2 Å². The summed E-state index contributed by atoms with van der Waals surface area (Å²) in [5.74, 6) is -0.0897. The molecule has 1 amide bonds. The Hall–Kier alpha value is -1.87. The van der Waals surface area contributed by atoms with E-state index in [1.807, 2.05) is 0 Å². The molecule has 9 heteroatoms. The number of rotatable bonds is 4. The van der Waals surface area contributed by atoms with Crippen molar-refractivity contribution in [1.82, 2.24) is 4.98 Å². The van der Waals surface area contributed by atoms with E-state index < -0.39 is 12.8 Å². The van der Waals surface area contributed by atoms with Gasteiger partial charge in [-0.2, -0.15) is 13.2 Å². The fourth-order valence-corrected chi connectivity index (χ4v) is 3.28. The van der Waals surface area contributed by atoms with Crippen molar-refractivity contribution in [2.45, 2.75) is 19.0 Å². The van der Waals surface area contributed by atoms with Crippen LogP contribution in [0.5, 0.6) is 5.75 Å². The van der Waals surface area contributed by atoms with E-state index in [4.69, 9.17) is 9.47 Å². The molecule has 24 heavy (non-hydrogen) atoms. The second kappa shape index (κ2) is 6.94. The Labute approximate surface area is 139 Å². The molecule has 0 atom stereocenters. The highest BCUT2D eigenvalue weighted by Crippen LogP contribution is 2.30. The molecular formula is C15H15F3N2O3S. The van der Waals surface area contributed by atoms with Crippen molar-refractivity contribution in [2.24, 2.45) is 5.92 Å². The van der Waals surface area contributed by atoms with Gasteiger partial charge in [-0.3, -0.25) is 4.79 Å². The van der Waals surface area contributed by atoms with Crippen molar-refractivity contribution < 1.29 is 27.4 Å². The first kappa shape index (κ1) is 17.0. The molecule has 1 aromatic carbocycles. The molecule has 1 fully saturated rings. The fraction of sp³-hybridized carbons (Fsp3) is 0.467. The zero-order valence-corrected chi connectivity index (χ0v) is 13.4. The maximum absolute atomic E-state index is 12.2. The van der Waals surface area contributed by atoms with Crippen molar-refractivity contribution in [1.29, 1.82) is 0 Å². The standard InChI is InChI=1S/C15H15F3N2O3S/c16-15(17,18)8-23-10-1-2-11-12(7-10)24-14(19-11)20-13(21)9-3-5-22-6-4-9/h1-2,7,9H,3-6,8H2,(H,19,20,21). The lowest BCUT2D eigenvalue weighted by molar-refractivity contribution is -0.153. The molecule has 5 nitrogen and oxygen atoms in total. The smallest absolute Gasteiger partial charge is 0.422 e. The molecule has 0 spiro atoms. The third-order valence-corrected chi connectivity index (χ3v) is 4.52. The highest BCUT2D eigenvalue weighted by atomic mass is 32.1. The maximum Gasteiger partial charge on any atom is 0.422 e. The summed E-state index contributed by atoms with van der Waals surface area (Å²) in [6, 6.07) is 4.49. The van der Waals surface area contributed by atoms with Crippen LogP contribution in [0.3, 0.4) is 0 Å². The molecule has 1 N–H and O–H groups in total. The summed E-state index contributed by atoms with van der Waals surface area (Å²) in [7, 11) is 0. The van der Waals surface area contributed by atoms with E-state index in [0.717, 1.165) is 0 Å². The minimum Gasteiger partial charge on any atom is -0.484 e. The van der Waals surface area contributed by atoms with E-state index in [1.165, 1.54) is 23.5 Å². The predicted octanol–water partition coefficient (Wildman–Crippen LogP) is 3.60. The van der Waals surface area contributed by atoms with Crippen LogP contribution in [0, 0.1) is 5.92 Å². The first-order valence-electron chi connectivity index (χ1n) is 7.39. The Balaban J connectivity index is 1.68. The molecule has 0 aliphatic carbocycles. The van der Waals surface area contributed by atoms with Crippen LogP contribution < -0.4 is 10.1 Å². The third-order valence-electron chi connectivity index (χ3n) is 3.58. The second-order valence-corrected chi connectivity index (χ2v) is 6.46. The second-order valence-electron chi connectivity index (χ2n) is 5.43. The van der Waals surface area contributed by atoms with E-state index >= 15 is 0 Å². The number of ether oxygens (including phenoxy) is 2. The number of anilines is 1. The zero-order valence-electron chi connectivity index (χ0n) is 12.6. The molecule has 0 bridgehead atoms. The number of benzene rings is 1. The van der Waals surface area contributed by atoms with Crippen molar-refractivity contribution in [3.05, 3.63) is 18.2 Å². The average Bonchev–Trinajstić information content (AvgIpc) is 2.94. The summed E-state index contributed by atoms with van der Waals surface area (Å²) >= 11 is 1.20. The number of carbonyl (C=O) groups excluding carboxylic acids is 1. The number of alkyl halides is 3. The lowest BCUT2D eigenvalue weighted by Gasteiger charge is -2.20. The van der Waals surface area contributed by atoms with Crippen LogP contribution in [0.1, 0.15) is 12.8 Å². The molecule has 0 radical (unpaired) electrons. The van der Waals surface area contributed by atoms with E-state index in [1.54, 1.807) is 6.07 Å². The minimum absolute atomic E-state index is 0.101. The van der Waals surface area contributed by atoms with Gasteiger partial charge in [0.1, 0.15) is 5.75 Å². The normalized spacial score (nSPS) is 16.3. The largest absolute Gasteiger partial charge is 0.484 e. The number of nitrogens with zero attached hydrogens (tertiary/aromatic N) is 1. The van der Waals surface area contributed by atoms with E-state index in [-0.39, 0.29) is 17.6 Å². The highest BCUT2D eigenvalue weighted by Gasteiger charge is 2.28. The first-order chi connectivity index (χ1) is 11.4. The lowest BCUT2D eigenvalue weighted by atomic mass is 10.00. The Kier molecular flexibility index (Phi) is 4.91. The molecule has 1 aliphatic rings. The quantitative estimate of drug-likeness (QED) is 0.905. The molecule has 130 valence electrons. The summed E-state index contributed by atoms with van der Waals surface area (Å²) in [5.41, 5.74) is 0.599. The van der Waals surface area contributed by atoms with Crippen LogP contribution in [0.25, 0.3) is 10.2 Å². The number of fused-ring (bicyclic) bond motifs is 1. The lowest BCUT2D eigenvalue weighted by Crippen LogP contribution is -2.28. The van der Waals surface area contributed by atoms with Gasteiger partial charge in [0.2, 0.25) is 5.91 Å². The Morgan fingerprint density at radius 2 is 2.12 bits per heavy atom. The van der Waals surface area contributed by atoms with Crippen molar-refractivity contribution in [3.63, 3.8) is 0 Å². The number of halogens is 3. The van der Waals surface area contributed by atoms with Gasteiger partial charge in [0.05, 0.1) is 10.2 Å². The number of nitrogens with one attached hydrogen (secondary N) is 1. The Morgan fingerprint density at radius 1 is 1.38 bits per heavy atom. The molecule has 2 heterocycles. The summed E-state index contributed by atoms with van der Waals surface area (Å²) in [6.45, 7) is -0.208. The van der Waals surface area contributed by atoms with Gasteiger partial charge in [-0.05, 0) is 31.0 Å². The molecule has 1 saturated heterocycles. The Bertz CT molecular complexity index is 726. The molecule has 0 saturated carbocycles. The molecular weight excluding hydrogens is 345 g/mol. The number of hydrogen-bond donors (Lipinski definition) is 1. The van der Waals surface area contributed by atoms with Gasteiger partial charge in [-0.1, -0.05) is 11.3 Å². The summed E-state index contributed by atoms with van der Waals surface area (Å²) in [6.07, 6.45) is -3.04. The van der Waals surface area contributed by atoms with E-state index in [2.05, 4.69) is 10.3 Å². The SMILES string of the molecule is O=C(Nc1nc2ccc(OCC(F)(F)F)cc2s1)C1CCOCC1. The van der Waals surface area contributed by atoms with Crippen LogP contribution >= 0.6 is 11.3 Å². The van der Waals surface area contributed by atoms with Crippen LogP contribution in [-0.2, 0) is 9.53 Å². The van der Waals surface area contributed by atoms with Gasteiger partial charge in [-0.15, -0.1) is 0 Å². The van der Waals surface area contributed by atoms with Crippen molar-refractivity contribution in [2.75, 3.05) is 25.1 Å². The van der Waals surface area contributed by atoms with Crippen molar-refractivity contribution in [3.8, 4) is 5.75 Å². The highest BCUT2D eigenvalue weighted by molar-refractivity contribution is 7.22. The van der Waals surface area contributed by atoms with Gasteiger partial charge in [0, 0.05) is 19.1 Å². The topological polar surface area (TPSA) is 60.5 Å². The zero-order chi connectivity index (χ0) is 17.2. The molecule has 3 rings (SSSR count). The van der Waals surface area contributed by atoms with E-state index in [9.17, 15) is 18.0 Å². The number of hydrogen-bond acceptors (Lipinski definition) is 5. The van der Waals surface area contributed by atoms with Gasteiger partial charge in [0.25, 0.3) is 0 Å². The number of amides is 1. The van der Waals surface area contributed by atoms with Crippen molar-refractivity contribution >= 4 is 32.6 Å². The minimum atomic E-state index is -4.38. The number of carbonyl (C=O) groups is 1. The predicted molar refractivity (Wildman–Crippen MR) is 83.3 cm³/mol. The van der Waals surface area contributed by atoms with Gasteiger partial charge in [0.15, 0.2) is 11.7 Å².